The Balaban J connectivity index is 0.00000300. The zero-order valence-corrected chi connectivity index (χ0v) is 18.8. The zero-order valence-electron chi connectivity index (χ0n) is 17.1. The third-order valence-electron chi connectivity index (χ3n) is 4.57. The Morgan fingerprint density at radius 2 is 1.86 bits per heavy atom. The number of anilines is 1. The van der Waals surface area contributed by atoms with Crippen LogP contribution in [0.1, 0.15) is 18.4 Å². The van der Waals surface area contributed by atoms with Crippen LogP contribution in [0.25, 0.3) is 10.2 Å². The van der Waals surface area contributed by atoms with E-state index in [9.17, 15) is 4.79 Å². The lowest BCUT2D eigenvalue weighted by molar-refractivity contribution is -0.118. The van der Waals surface area contributed by atoms with Gasteiger partial charge in [0.2, 0.25) is 5.91 Å². The molecule has 1 aromatic heterocycles. The number of aryl methyl sites for hydroxylation is 1. The Morgan fingerprint density at radius 3 is 2.55 bits per heavy atom. The summed E-state index contributed by atoms with van der Waals surface area (Å²) in [6.07, 6.45) is 2.12. The van der Waals surface area contributed by atoms with Crippen LogP contribution in [-0.4, -0.2) is 50.1 Å². The van der Waals surface area contributed by atoms with Gasteiger partial charge in [0.05, 0.1) is 17.3 Å². The molecule has 0 bridgehead atoms. The molecule has 0 aliphatic rings. The van der Waals surface area contributed by atoms with Crippen LogP contribution in [0.3, 0.4) is 0 Å². The number of amides is 1. The molecule has 1 heterocycles. The van der Waals surface area contributed by atoms with Gasteiger partial charge in [-0.15, -0.1) is 12.4 Å². The molecular formula is C22H28ClN3O2S. The number of carbonyl (C=O) groups is 1. The van der Waals surface area contributed by atoms with Crippen molar-refractivity contribution >= 4 is 45.0 Å². The molecule has 0 radical (unpaired) electrons. The molecule has 2 aromatic carbocycles. The average molecular weight is 434 g/mol. The number of rotatable bonds is 9. The molecule has 0 fully saturated rings. The number of benzene rings is 2. The van der Waals surface area contributed by atoms with Gasteiger partial charge in [-0.3, -0.25) is 9.69 Å². The van der Waals surface area contributed by atoms with Gasteiger partial charge in [-0.05, 0) is 51.2 Å². The number of halogens is 1. The number of thiazole rings is 1. The summed E-state index contributed by atoms with van der Waals surface area (Å²) < 4.78 is 6.36. The lowest BCUT2D eigenvalue weighted by Gasteiger charge is -2.21. The maximum atomic E-state index is 13.0. The lowest BCUT2D eigenvalue weighted by atomic mass is 10.1. The summed E-state index contributed by atoms with van der Waals surface area (Å²) in [5, 5.41) is 0.764. The summed E-state index contributed by atoms with van der Waals surface area (Å²) in [7, 11) is 5.74. The number of carbonyl (C=O) groups excluding carboxylic acids is 1. The van der Waals surface area contributed by atoms with Crippen molar-refractivity contribution < 1.29 is 9.53 Å². The smallest absolute Gasteiger partial charge is 0.229 e. The Hall–Kier alpha value is -2.15. The summed E-state index contributed by atoms with van der Waals surface area (Å²) in [5.74, 6) is 0.896. The van der Waals surface area contributed by atoms with E-state index in [1.165, 1.54) is 5.56 Å². The molecule has 1 amide bonds. The zero-order chi connectivity index (χ0) is 19.9. The van der Waals surface area contributed by atoms with Gasteiger partial charge < -0.3 is 9.64 Å². The molecular weight excluding hydrogens is 406 g/mol. The van der Waals surface area contributed by atoms with Crippen LogP contribution in [0.4, 0.5) is 5.13 Å². The van der Waals surface area contributed by atoms with E-state index in [0.29, 0.717) is 13.0 Å². The van der Waals surface area contributed by atoms with Gasteiger partial charge in [-0.25, -0.2) is 4.98 Å². The second-order valence-electron chi connectivity index (χ2n) is 7.02. The van der Waals surface area contributed by atoms with Gasteiger partial charge >= 0.3 is 0 Å². The van der Waals surface area contributed by atoms with Crippen LogP contribution in [0.15, 0.2) is 48.5 Å². The van der Waals surface area contributed by atoms with Gasteiger partial charge in [0, 0.05) is 19.0 Å². The average Bonchev–Trinajstić information content (AvgIpc) is 3.12. The summed E-state index contributed by atoms with van der Waals surface area (Å²) in [4.78, 5) is 21.8. The first-order valence-corrected chi connectivity index (χ1v) is 10.3. The number of hydrogen-bond acceptors (Lipinski definition) is 5. The number of nitrogens with zero attached hydrogens (tertiary/aromatic N) is 3. The summed E-state index contributed by atoms with van der Waals surface area (Å²) in [6.45, 7) is 1.60. The third kappa shape index (κ3) is 6.42. The third-order valence-corrected chi connectivity index (χ3v) is 5.63. The first-order chi connectivity index (χ1) is 13.6. The van der Waals surface area contributed by atoms with E-state index < -0.39 is 0 Å². The highest BCUT2D eigenvalue weighted by molar-refractivity contribution is 7.22. The van der Waals surface area contributed by atoms with E-state index in [-0.39, 0.29) is 18.3 Å². The molecule has 0 aliphatic heterocycles. The first-order valence-electron chi connectivity index (χ1n) is 9.50. The molecule has 3 aromatic rings. The Kier molecular flexibility index (Phi) is 8.89. The molecule has 29 heavy (non-hydrogen) atoms. The predicted octanol–water partition coefficient (Wildman–Crippen LogP) is 4.64. The quantitative estimate of drug-likeness (QED) is 0.493. The number of methoxy groups -OCH3 is 1. The number of hydrogen-bond donors (Lipinski definition) is 0. The number of aromatic nitrogens is 1. The normalized spacial score (nSPS) is 10.8. The van der Waals surface area contributed by atoms with Crippen molar-refractivity contribution in [2.45, 2.75) is 19.3 Å². The highest BCUT2D eigenvalue weighted by Gasteiger charge is 2.19. The SMILES string of the molecule is COc1ccc2sc(N(CCCN(C)C)C(=O)CCc3ccccc3)nc2c1.Cl. The molecule has 0 saturated heterocycles. The van der Waals surface area contributed by atoms with Gasteiger partial charge in [0.1, 0.15) is 5.75 Å². The fourth-order valence-electron chi connectivity index (χ4n) is 3.04. The first kappa shape index (κ1) is 23.1. The Bertz CT molecular complexity index is 915. The van der Waals surface area contributed by atoms with Gasteiger partial charge in [0.15, 0.2) is 5.13 Å². The molecule has 156 valence electrons. The highest BCUT2D eigenvalue weighted by atomic mass is 35.5. The van der Waals surface area contributed by atoms with Crippen molar-refractivity contribution in [1.82, 2.24) is 9.88 Å². The minimum Gasteiger partial charge on any atom is -0.497 e. The predicted molar refractivity (Wildman–Crippen MR) is 124 cm³/mol. The summed E-state index contributed by atoms with van der Waals surface area (Å²) in [6, 6.07) is 16.0. The monoisotopic (exact) mass is 433 g/mol. The standard InChI is InChI=1S/C22H27N3O2S.ClH/c1-24(2)14-7-15-25(21(26)13-10-17-8-5-4-6-9-17)22-23-19-16-18(27-3)11-12-20(19)28-22;/h4-6,8-9,11-12,16H,7,10,13-15H2,1-3H3;1H. The highest BCUT2D eigenvalue weighted by Crippen LogP contribution is 2.31. The van der Waals surface area contributed by atoms with Crippen LogP contribution in [-0.2, 0) is 11.2 Å². The van der Waals surface area contributed by atoms with Crippen molar-refractivity contribution in [1.29, 1.82) is 0 Å². The fourth-order valence-corrected chi connectivity index (χ4v) is 4.03. The van der Waals surface area contributed by atoms with E-state index in [1.807, 2.05) is 55.4 Å². The van der Waals surface area contributed by atoms with Gasteiger partial charge in [-0.2, -0.15) is 0 Å². The van der Waals surface area contributed by atoms with Crippen molar-refractivity contribution in [3.8, 4) is 5.75 Å². The number of ether oxygens (including phenoxy) is 1. The van der Waals surface area contributed by atoms with Crippen LogP contribution >= 0.6 is 23.7 Å². The molecule has 0 unspecified atom stereocenters. The molecule has 0 aliphatic carbocycles. The fraction of sp³-hybridized carbons (Fsp3) is 0.364. The van der Waals surface area contributed by atoms with E-state index in [2.05, 4.69) is 17.0 Å². The summed E-state index contributed by atoms with van der Waals surface area (Å²) in [5.41, 5.74) is 2.05. The van der Waals surface area contributed by atoms with Crippen molar-refractivity contribution in [2.75, 3.05) is 39.2 Å². The van der Waals surface area contributed by atoms with E-state index in [1.54, 1.807) is 18.4 Å². The van der Waals surface area contributed by atoms with Crippen LogP contribution in [0, 0.1) is 0 Å². The molecule has 3 rings (SSSR count). The molecule has 7 heteroatoms. The number of fused-ring (bicyclic) bond motifs is 1. The summed E-state index contributed by atoms with van der Waals surface area (Å²) >= 11 is 1.56. The largest absolute Gasteiger partial charge is 0.497 e. The van der Waals surface area contributed by atoms with Gasteiger partial charge in [0.25, 0.3) is 0 Å². The van der Waals surface area contributed by atoms with E-state index in [4.69, 9.17) is 9.72 Å². The van der Waals surface area contributed by atoms with Crippen LogP contribution < -0.4 is 9.64 Å². The minimum atomic E-state index is 0. The molecule has 5 nitrogen and oxygen atoms in total. The van der Waals surface area contributed by atoms with E-state index in [0.717, 1.165) is 40.5 Å². The van der Waals surface area contributed by atoms with Crippen molar-refractivity contribution in [2.24, 2.45) is 0 Å². The maximum absolute atomic E-state index is 13.0. The van der Waals surface area contributed by atoms with Crippen LogP contribution in [0.2, 0.25) is 0 Å². The van der Waals surface area contributed by atoms with Gasteiger partial charge in [-0.1, -0.05) is 41.7 Å². The molecule has 0 spiro atoms. The topological polar surface area (TPSA) is 45.7 Å². The van der Waals surface area contributed by atoms with Crippen LogP contribution in [0.5, 0.6) is 5.75 Å². The second-order valence-corrected chi connectivity index (χ2v) is 8.03. The molecule has 0 atom stereocenters. The molecule has 0 saturated carbocycles. The molecule has 0 N–H and O–H groups in total. The maximum Gasteiger partial charge on any atom is 0.229 e. The van der Waals surface area contributed by atoms with Crippen molar-refractivity contribution in [3.63, 3.8) is 0 Å². The van der Waals surface area contributed by atoms with E-state index >= 15 is 0 Å². The Morgan fingerprint density at radius 1 is 1.10 bits per heavy atom. The second kappa shape index (κ2) is 11.1. The van der Waals surface area contributed by atoms with Crippen molar-refractivity contribution in [3.05, 3.63) is 54.1 Å². The minimum absolute atomic E-state index is 0. The lowest BCUT2D eigenvalue weighted by Crippen LogP contribution is -2.33. The Labute approximate surface area is 182 Å².